The van der Waals surface area contributed by atoms with Gasteiger partial charge in [0.15, 0.2) is 0 Å². The minimum atomic E-state index is -0.530. The van der Waals surface area contributed by atoms with E-state index in [1.807, 2.05) is 39.0 Å². The number of anilines is 2. The van der Waals surface area contributed by atoms with E-state index in [0.29, 0.717) is 11.4 Å². The third-order valence-corrected chi connectivity index (χ3v) is 2.95. The van der Waals surface area contributed by atoms with Crippen molar-refractivity contribution < 1.29 is 14.3 Å². The molecule has 0 aliphatic carbocycles. The highest BCUT2D eigenvalue weighted by Crippen LogP contribution is 2.28. The highest BCUT2D eigenvalue weighted by atomic mass is 16.6. The number of unbranched alkanes of at least 4 members (excludes halogenated alkanes) is 2. The standard InChI is InChI=1S/C17H28N2O3/c1-6-7-8-11-18-13-9-10-14(15(12-13)21-5)19-16(20)22-17(2,3)4/h9-10,12,18H,6-8,11H2,1-5H3,(H,19,20). The average molecular weight is 308 g/mol. The molecule has 1 aromatic carbocycles. The maximum absolute atomic E-state index is 11.8. The summed E-state index contributed by atoms with van der Waals surface area (Å²) in [6.45, 7) is 8.59. The number of hydrogen-bond acceptors (Lipinski definition) is 4. The molecule has 5 nitrogen and oxygen atoms in total. The van der Waals surface area contributed by atoms with Crippen LogP contribution in [0.4, 0.5) is 16.2 Å². The molecule has 2 N–H and O–H groups in total. The number of rotatable bonds is 7. The summed E-state index contributed by atoms with van der Waals surface area (Å²) in [5.74, 6) is 0.603. The van der Waals surface area contributed by atoms with Gasteiger partial charge in [-0.05, 0) is 39.3 Å². The Kier molecular flexibility index (Phi) is 7.02. The van der Waals surface area contributed by atoms with Crippen LogP contribution in [-0.4, -0.2) is 25.3 Å². The van der Waals surface area contributed by atoms with E-state index in [9.17, 15) is 4.79 Å². The van der Waals surface area contributed by atoms with Crippen molar-refractivity contribution in [2.24, 2.45) is 0 Å². The number of amides is 1. The lowest BCUT2D eigenvalue weighted by Crippen LogP contribution is -2.27. The molecule has 0 saturated carbocycles. The van der Waals surface area contributed by atoms with Gasteiger partial charge in [0.2, 0.25) is 0 Å². The van der Waals surface area contributed by atoms with Gasteiger partial charge in [-0.25, -0.2) is 4.79 Å². The molecule has 0 saturated heterocycles. The molecule has 22 heavy (non-hydrogen) atoms. The van der Waals surface area contributed by atoms with E-state index < -0.39 is 11.7 Å². The Morgan fingerprint density at radius 2 is 1.95 bits per heavy atom. The first-order chi connectivity index (χ1) is 10.4. The third-order valence-electron chi connectivity index (χ3n) is 2.95. The Balaban J connectivity index is 2.66. The van der Waals surface area contributed by atoms with Crippen LogP contribution in [0.1, 0.15) is 47.0 Å². The van der Waals surface area contributed by atoms with Gasteiger partial charge in [-0.3, -0.25) is 5.32 Å². The Hall–Kier alpha value is -1.91. The molecule has 124 valence electrons. The van der Waals surface area contributed by atoms with Crippen molar-refractivity contribution in [2.45, 2.75) is 52.6 Å². The fourth-order valence-electron chi connectivity index (χ4n) is 1.93. The molecule has 0 unspecified atom stereocenters. The first kappa shape index (κ1) is 18.1. The van der Waals surface area contributed by atoms with E-state index in [2.05, 4.69) is 17.6 Å². The smallest absolute Gasteiger partial charge is 0.412 e. The molecule has 5 heteroatoms. The van der Waals surface area contributed by atoms with Crippen molar-refractivity contribution in [1.29, 1.82) is 0 Å². The van der Waals surface area contributed by atoms with Crippen molar-refractivity contribution in [2.75, 3.05) is 24.3 Å². The Morgan fingerprint density at radius 3 is 2.55 bits per heavy atom. The largest absolute Gasteiger partial charge is 0.494 e. The van der Waals surface area contributed by atoms with E-state index in [0.717, 1.165) is 18.7 Å². The predicted octanol–water partition coefficient (Wildman–Crippen LogP) is 4.64. The van der Waals surface area contributed by atoms with Gasteiger partial charge in [0.05, 0.1) is 12.8 Å². The first-order valence-electron chi connectivity index (χ1n) is 7.77. The highest BCUT2D eigenvalue weighted by molar-refractivity contribution is 5.87. The van der Waals surface area contributed by atoms with Crippen LogP contribution in [0, 0.1) is 0 Å². The third kappa shape index (κ3) is 6.70. The van der Waals surface area contributed by atoms with Crippen molar-refractivity contribution in [3.8, 4) is 5.75 Å². The molecular weight excluding hydrogens is 280 g/mol. The summed E-state index contributed by atoms with van der Waals surface area (Å²) in [4.78, 5) is 11.8. The first-order valence-corrected chi connectivity index (χ1v) is 7.77. The molecule has 1 aromatic rings. The van der Waals surface area contributed by atoms with Gasteiger partial charge in [0.25, 0.3) is 0 Å². The minimum absolute atomic E-state index is 0.491. The van der Waals surface area contributed by atoms with Crippen LogP contribution in [-0.2, 0) is 4.74 Å². The number of ether oxygens (including phenoxy) is 2. The summed E-state index contributed by atoms with van der Waals surface area (Å²) >= 11 is 0. The molecule has 0 spiro atoms. The fourth-order valence-corrected chi connectivity index (χ4v) is 1.93. The van der Waals surface area contributed by atoms with Crippen molar-refractivity contribution in [1.82, 2.24) is 0 Å². The summed E-state index contributed by atoms with van der Waals surface area (Å²) in [5.41, 5.74) is 1.04. The molecule has 0 aliphatic heterocycles. The number of hydrogen-bond donors (Lipinski definition) is 2. The Morgan fingerprint density at radius 1 is 1.23 bits per heavy atom. The number of carbonyl (C=O) groups excluding carboxylic acids is 1. The summed E-state index contributed by atoms with van der Waals surface area (Å²) < 4.78 is 10.6. The van der Waals surface area contributed by atoms with E-state index in [1.54, 1.807) is 7.11 Å². The molecule has 1 amide bonds. The molecule has 0 aliphatic rings. The number of carbonyl (C=O) groups is 1. The second kappa shape index (κ2) is 8.51. The maximum atomic E-state index is 11.8. The van der Waals surface area contributed by atoms with Crippen LogP contribution in [0.15, 0.2) is 18.2 Å². The summed E-state index contributed by atoms with van der Waals surface area (Å²) in [5, 5.41) is 6.06. The zero-order valence-corrected chi connectivity index (χ0v) is 14.3. The van der Waals surface area contributed by atoms with E-state index in [-0.39, 0.29) is 0 Å². The van der Waals surface area contributed by atoms with Gasteiger partial charge < -0.3 is 14.8 Å². The zero-order valence-electron chi connectivity index (χ0n) is 14.3. The average Bonchev–Trinajstić information content (AvgIpc) is 2.42. The van der Waals surface area contributed by atoms with Crippen molar-refractivity contribution >= 4 is 17.5 Å². The van der Waals surface area contributed by atoms with E-state index >= 15 is 0 Å². The number of benzene rings is 1. The summed E-state index contributed by atoms with van der Waals surface area (Å²) in [6, 6.07) is 5.60. The lowest BCUT2D eigenvalue weighted by atomic mass is 10.2. The molecular formula is C17H28N2O3. The van der Waals surface area contributed by atoms with Gasteiger partial charge in [0.1, 0.15) is 11.4 Å². The molecule has 0 heterocycles. The molecule has 0 aromatic heterocycles. The van der Waals surface area contributed by atoms with Gasteiger partial charge in [-0.2, -0.15) is 0 Å². The Labute approximate surface area is 133 Å². The van der Waals surface area contributed by atoms with E-state index in [1.165, 1.54) is 12.8 Å². The quantitative estimate of drug-likeness (QED) is 0.720. The van der Waals surface area contributed by atoms with Gasteiger partial charge in [-0.1, -0.05) is 19.8 Å². The second-order valence-corrected chi connectivity index (χ2v) is 6.18. The maximum Gasteiger partial charge on any atom is 0.412 e. The molecule has 0 radical (unpaired) electrons. The topological polar surface area (TPSA) is 59.6 Å². The van der Waals surface area contributed by atoms with Gasteiger partial charge in [0, 0.05) is 18.3 Å². The summed E-state index contributed by atoms with van der Waals surface area (Å²) in [6.07, 6.45) is 3.05. The lowest BCUT2D eigenvalue weighted by molar-refractivity contribution is 0.0635. The Bertz CT molecular complexity index is 481. The molecule has 0 atom stereocenters. The van der Waals surface area contributed by atoms with Crippen LogP contribution in [0.2, 0.25) is 0 Å². The minimum Gasteiger partial charge on any atom is -0.494 e. The molecule has 0 fully saturated rings. The van der Waals surface area contributed by atoms with Gasteiger partial charge in [-0.15, -0.1) is 0 Å². The second-order valence-electron chi connectivity index (χ2n) is 6.18. The van der Waals surface area contributed by atoms with Crippen LogP contribution >= 0.6 is 0 Å². The summed E-state index contributed by atoms with van der Waals surface area (Å²) in [7, 11) is 1.58. The number of nitrogens with one attached hydrogen (secondary N) is 2. The zero-order chi connectivity index (χ0) is 16.6. The fraction of sp³-hybridized carbons (Fsp3) is 0.588. The normalized spacial score (nSPS) is 11.0. The van der Waals surface area contributed by atoms with Crippen LogP contribution in [0.5, 0.6) is 5.75 Å². The van der Waals surface area contributed by atoms with Crippen molar-refractivity contribution in [3.63, 3.8) is 0 Å². The number of methoxy groups -OCH3 is 1. The lowest BCUT2D eigenvalue weighted by Gasteiger charge is -2.20. The van der Waals surface area contributed by atoms with Crippen LogP contribution in [0.3, 0.4) is 0 Å². The molecule has 0 bridgehead atoms. The van der Waals surface area contributed by atoms with Crippen molar-refractivity contribution in [3.05, 3.63) is 18.2 Å². The predicted molar refractivity (Wildman–Crippen MR) is 90.9 cm³/mol. The van der Waals surface area contributed by atoms with Gasteiger partial charge >= 0.3 is 6.09 Å². The van der Waals surface area contributed by atoms with Crippen LogP contribution in [0.25, 0.3) is 0 Å². The monoisotopic (exact) mass is 308 g/mol. The SMILES string of the molecule is CCCCCNc1ccc(NC(=O)OC(C)(C)C)c(OC)c1. The van der Waals surface area contributed by atoms with E-state index in [4.69, 9.17) is 9.47 Å². The highest BCUT2D eigenvalue weighted by Gasteiger charge is 2.17. The van der Waals surface area contributed by atoms with Crippen LogP contribution < -0.4 is 15.4 Å². The molecule has 1 rings (SSSR count).